The van der Waals surface area contributed by atoms with E-state index < -0.39 is 0 Å². The molecule has 0 aliphatic rings. The molecule has 1 amide bonds. The number of nitrogens with zero attached hydrogens (tertiary/aromatic N) is 1. The van der Waals surface area contributed by atoms with Crippen LogP contribution in [-0.2, 0) is 5.75 Å². The third kappa shape index (κ3) is 5.12. The highest BCUT2D eigenvalue weighted by molar-refractivity contribution is 8.02. The SMILES string of the molecule is C=N/C(=C(/NC(=O)c1ccccc1Cl)SCc1ccccc1)c1ccccc1. The number of hydrogen-bond donors (Lipinski definition) is 1. The third-order valence-corrected chi connectivity index (χ3v) is 5.38. The van der Waals surface area contributed by atoms with Crippen LogP contribution in [-0.4, -0.2) is 12.6 Å². The molecule has 0 aliphatic carbocycles. The Morgan fingerprint density at radius 1 is 0.929 bits per heavy atom. The largest absolute Gasteiger partial charge is 0.315 e. The Morgan fingerprint density at radius 2 is 1.54 bits per heavy atom. The van der Waals surface area contributed by atoms with E-state index in [2.05, 4.69) is 17.0 Å². The number of nitrogens with one attached hydrogen (secondary N) is 1. The van der Waals surface area contributed by atoms with Gasteiger partial charge in [0.15, 0.2) is 0 Å². The lowest BCUT2D eigenvalue weighted by Crippen LogP contribution is -2.22. The maximum atomic E-state index is 12.8. The van der Waals surface area contributed by atoms with Gasteiger partial charge >= 0.3 is 0 Å². The molecule has 0 spiro atoms. The third-order valence-electron chi connectivity index (χ3n) is 3.99. The van der Waals surface area contributed by atoms with Gasteiger partial charge in [-0.3, -0.25) is 9.79 Å². The summed E-state index contributed by atoms with van der Waals surface area (Å²) >= 11 is 7.69. The van der Waals surface area contributed by atoms with Gasteiger partial charge in [0.05, 0.1) is 16.3 Å². The van der Waals surface area contributed by atoms with Crippen molar-refractivity contribution in [3.8, 4) is 0 Å². The van der Waals surface area contributed by atoms with Crippen molar-refractivity contribution < 1.29 is 4.79 Å². The van der Waals surface area contributed by atoms with E-state index >= 15 is 0 Å². The van der Waals surface area contributed by atoms with Crippen LogP contribution in [0.3, 0.4) is 0 Å². The quantitative estimate of drug-likeness (QED) is 0.486. The second-order valence-corrected chi connectivity index (χ2v) is 7.30. The molecule has 0 fully saturated rings. The van der Waals surface area contributed by atoms with Crippen LogP contribution in [0.15, 0.2) is 95.0 Å². The van der Waals surface area contributed by atoms with Crippen molar-refractivity contribution in [1.82, 2.24) is 5.32 Å². The number of benzene rings is 3. The molecule has 140 valence electrons. The van der Waals surface area contributed by atoms with Crippen LogP contribution in [0, 0.1) is 0 Å². The van der Waals surface area contributed by atoms with Gasteiger partial charge < -0.3 is 5.32 Å². The number of halogens is 1. The number of hydrogen-bond acceptors (Lipinski definition) is 3. The van der Waals surface area contributed by atoms with Gasteiger partial charge in [0.2, 0.25) is 0 Å². The van der Waals surface area contributed by atoms with E-state index in [1.165, 1.54) is 11.8 Å². The molecule has 0 heterocycles. The predicted molar refractivity (Wildman–Crippen MR) is 120 cm³/mol. The molecule has 1 N–H and O–H groups in total. The van der Waals surface area contributed by atoms with Gasteiger partial charge in [0.25, 0.3) is 5.91 Å². The number of thioether (sulfide) groups is 1. The van der Waals surface area contributed by atoms with Crippen LogP contribution >= 0.6 is 23.4 Å². The number of rotatable bonds is 7. The first-order valence-electron chi connectivity index (χ1n) is 8.68. The fourth-order valence-corrected chi connectivity index (χ4v) is 3.81. The Labute approximate surface area is 174 Å². The number of carbonyl (C=O) groups excluding carboxylic acids is 1. The van der Waals surface area contributed by atoms with Gasteiger partial charge in [0, 0.05) is 11.3 Å². The monoisotopic (exact) mass is 406 g/mol. The van der Waals surface area contributed by atoms with Gasteiger partial charge in [-0.15, -0.1) is 11.8 Å². The molecule has 5 heteroatoms. The van der Waals surface area contributed by atoms with Crippen molar-refractivity contribution in [2.45, 2.75) is 5.75 Å². The standard InChI is InChI=1S/C23H19ClN2OS/c1-25-21(18-12-6-3-7-13-18)23(28-16-17-10-4-2-5-11-17)26-22(27)19-14-8-9-15-20(19)24/h2-15H,1,16H2,(H,26,27)/b23-21-. The van der Waals surface area contributed by atoms with Gasteiger partial charge in [-0.1, -0.05) is 84.4 Å². The molecular weight excluding hydrogens is 388 g/mol. The summed E-state index contributed by atoms with van der Waals surface area (Å²) < 4.78 is 0. The Kier molecular flexibility index (Phi) is 7.06. The van der Waals surface area contributed by atoms with E-state index in [0.29, 0.717) is 27.1 Å². The Bertz CT molecular complexity index is 988. The number of aliphatic imine (C=N–C) groups is 1. The summed E-state index contributed by atoms with van der Waals surface area (Å²) in [6, 6.07) is 26.7. The summed E-state index contributed by atoms with van der Waals surface area (Å²) in [6.07, 6.45) is 0. The van der Waals surface area contributed by atoms with Crippen molar-refractivity contribution in [2.75, 3.05) is 0 Å². The Morgan fingerprint density at radius 3 is 2.18 bits per heavy atom. The van der Waals surface area contributed by atoms with Crippen LogP contribution in [0.5, 0.6) is 0 Å². The zero-order chi connectivity index (χ0) is 19.8. The van der Waals surface area contributed by atoms with Gasteiger partial charge in [-0.2, -0.15) is 0 Å². The molecule has 3 aromatic carbocycles. The van der Waals surface area contributed by atoms with E-state index in [-0.39, 0.29) is 5.91 Å². The maximum Gasteiger partial charge on any atom is 0.257 e. The van der Waals surface area contributed by atoms with E-state index in [0.717, 1.165) is 11.1 Å². The fourth-order valence-electron chi connectivity index (χ4n) is 2.60. The van der Waals surface area contributed by atoms with Crippen LogP contribution in [0.1, 0.15) is 21.5 Å². The molecule has 3 rings (SSSR count). The normalized spacial score (nSPS) is 11.5. The number of amides is 1. The van der Waals surface area contributed by atoms with Gasteiger partial charge in [-0.25, -0.2) is 0 Å². The van der Waals surface area contributed by atoms with Crippen molar-refractivity contribution >= 4 is 41.7 Å². The minimum atomic E-state index is -0.279. The highest BCUT2D eigenvalue weighted by atomic mass is 35.5. The molecule has 0 aliphatic heterocycles. The lowest BCUT2D eigenvalue weighted by Gasteiger charge is -2.14. The van der Waals surface area contributed by atoms with Crippen LogP contribution in [0.2, 0.25) is 5.02 Å². The van der Waals surface area contributed by atoms with Gasteiger partial charge in [0.1, 0.15) is 5.03 Å². The zero-order valence-corrected chi connectivity index (χ0v) is 16.7. The summed E-state index contributed by atoms with van der Waals surface area (Å²) in [5.74, 6) is 0.406. The molecule has 0 saturated heterocycles. The van der Waals surface area contributed by atoms with Crippen molar-refractivity contribution in [2.24, 2.45) is 4.99 Å². The average Bonchev–Trinajstić information content (AvgIpc) is 2.74. The lowest BCUT2D eigenvalue weighted by atomic mass is 10.1. The van der Waals surface area contributed by atoms with Crippen LogP contribution in [0.25, 0.3) is 5.70 Å². The van der Waals surface area contributed by atoms with Crippen LogP contribution < -0.4 is 5.32 Å². The van der Waals surface area contributed by atoms with Crippen molar-refractivity contribution in [1.29, 1.82) is 0 Å². The minimum absolute atomic E-state index is 0.279. The molecule has 0 atom stereocenters. The van der Waals surface area contributed by atoms with E-state index in [1.54, 1.807) is 24.3 Å². The minimum Gasteiger partial charge on any atom is -0.315 e. The summed E-state index contributed by atoms with van der Waals surface area (Å²) in [5.41, 5.74) is 3.07. The summed E-state index contributed by atoms with van der Waals surface area (Å²) in [5, 5.41) is 4.02. The molecule has 28 heavy (non-hydrogen) atoms. The summed E-state index contributed by atoms with van der Waals surface area (Å²) in [7, 11) is 0. The predicted octanol–water partition coefficient (Wildman–Crippen LogP) is 6.03. The second-order valence-electron chi connectivity index (χ2n) is 5.91. The zero-order valence-electron chi connectivity index (χ0n) is 15.1. The molecule has 0 saturated carbocycles. The Hall–Kier alpha value is -2.82. The first-order chi connectivity index (χ1) is 13.7. The molecular formula is C23H19ClN2OS. The van der Waals surface area contributed by atoms with Crippen molar-refractivity contribution in [3.05, 3.63) is 112 Å². The first kappa shape index (κ1) is 19.9. The lowest BCUT2D eigenvalue weighted by molar-refractivity contribution is 0.0969. The molecule has 0 aromatic heterocycles. The Balaban J connectivity index is 1.94. The number of carbonyl (C=O) groups is 1. The van der Waals surface area contributed by atoms with Gasteiger partial charge in [-0.05, 0) is 24.4 Å². The molecule has 0 radical (unpaired) electrons. The topological polar surface area (TPSA) is 41.5 Å². The summed E-state index contributed by atoms with van der Waals surface area (Å²) in [6.45, 7) is 3.71. The molecule has 0 unspecified atom stereocenters. The highest BCUT2D eigenvalue weighted by Crippen LogP contribution is 2.29. The maximum absolute atomic E-state index is 12.8. The average molecular weight is 407 g/mol. The smallest absolute Gasteiger partial charge is 0.257 e. The van der Waals surface area contributed by atoms with Crippen molar-refractivity contribution in [3.63, 3.8) is 0 Å². The second kappa shape index (κ2) is 9.93. The molecule has 3 nitrogen and oxygen atoms in total. The van der Waals surface area contributed by atoms with Crippen LogP contribution in [0.4, 0.5) is 0 Å². The van der Waals surface area contributed by atoms with E-state index in [1.807, 2.05) is 60.7 Å². The first-order valence-corrected chi connectivity index (χ1v) is 10.0. The van der Waals surface area contributed by atoms with E-state index in [4.69, 9.17) is 11.6 Å². The highest BCUT2D eigenvalue weighted by Gasteiger charge is 2.16. The van der Waals surface area contributed by atoms with E-state index in [9.17, 15) is 4.79 Å². The molecule has 3 aromatic rings. The molecule has 0 bridgehead atoms. The fraction of sp³-hybridized carbons (Fsp3) is 0.0435. The summed E-state index contributed by atoms with van der Waals surface area (Å²) in [4.78, 5) is 17.0.